The Bertz CT molecular complexity index is 736. The van der Waals surface area contributed by atoms with E-state index in [4.69, 9.17) is 4.52 Å². The van der Waals surface area contributed by atoms with Gasteiger partial charge in [-0.05, 0) is 10.2 Å². The molecule has 7 heteroatoms. The fourth-order valence-electron chi connectivity index (χ4n) is 2.12. The zero-order chi connectivity index (χ0) is 15.4. The Labute approximate surface area is 127 Å². The fourth-order valence-corrected chi connectivity index (χ4v) is 2.12. The first kappa shape index (κ1) is 14.0. The largest absolute Gasteiger partial charge is 0.333 e. The lowest BCUT2D eigenvalue weighted by Crippen LogP contribution is -2.40. The second-order valence-corrected chi connectivity index (χ2v) is 4.99. The summed E-state index contributed by atoms with van der Waals surface area (Å²) in [4.78, 5) is 15.7. The minimum absolute atomic E-state index is 0.116. The lowest BCUT2D eigenvalue weighted by molar-refractivity contribution is -0.782. The summed E-state index contributed by atoms with van der Waals surface area (Å²) in [5.41, 5.74) is 1.22. The summed E-state index contributed by atoms with van der Waals surface area (Å²) < 4.78 is 8.15. The van der Waals surface area contributed by atoms with E-state index in [1.807, 2.05) is 25.1 Å². The summed E-state index contributed by atoms with van der Waals surface area (Å²) in [6, 6.07) is 9.90. The molecule has 0 fully saturated rings. The van der Waals surface area contributed by atoms with Crippen molar-refractivity contribution >= 4 is 11.9 Å². The molecule has 0 saturated heterocycles. The van der Waals surface area contributed by atoms with Crippen LogP contribution in [0.3, 0.4) is 0 Å². The SMILES string of the molecule is CC(Cc1ccccc1)[n+]1cc(NC(=O)n2ccnc2)on1. The van der Waals surface area contributed by atoms with Gasteiger partial charge in [-0.25, -0.2) is 9.78 Å². The van der Waals surface area contributed by atoms with Gasteiger partial charge in [-0.2, -0.15) is 0 Å². The molecule has 0 bridgehead atoms. The highest BCUT2D eigenvalue weighted by Gasteiger charge is 2.21. The molecule has 1 atom stereocenters. The highest BCUT2D eigenvalue weighted by Crippen LogP contribution is 2.09. The number of nitrogens with zero attached hydrogens (tertiary/aromatic N) is 4. The minimum atomic E-state index is -0.350. The molecule has 1 N–H and O–H groups in total. The van der Waals surface area contributed by atoms with Crippen molar-refractivity contribution in [1.82, 2.24) is 14.8 Å². The molecule has 0 saturated carbocycles. The molecule has 3 rings (SSSR count). The Morgan fingerprint density at radius 3 is 2.95 bits per heavy atom. The van der Waals surface area contributed by atoms with E-state index in [0.29, 0.717) is 5.88 Å². The van der Waals surface area contributed by atoms with Gasteiger partial charge >= 0.3 is 11.9 Å². The molecule has 0 radical (unpaired) electrons. The van der Waals surface area contributed by atoms with E-state index < -0.39 is 0 Å². The van der Waals surface area contributed by atoms with Gasteiger partial charge in [0.15, 0.2) is 6.04 Å². The number of imidazole rings is 1. The van der Waals surface area contributed by atoms with Crippen molar-refractivity contribution in [2.24, 2.45) is 0 Å². The number of hydrogen-bond donors (Lipinski definition) is 1. The van der Waals surface area contributed by atoms with Crippen LogP contribution < -0.4 is 10.00 Å². The highest BCUT2D eigenvalue weighted by atomic mass is 16.5. The number of benzene rings is 1. The molecule has 1 aromatic carbocycles. The molecule has 112 valence electrons. The Hall–Kier alpha value is -2.96. The molecule has 0 aliphatic carbocycles. The van der Waals surface area contributed by atoms with Crippen molar-refractivity contribution < 1.29 is 14.0 Å². The summed E-state index contributed by atoms with van der Waals surface area (Å²) in [5.74, 6) is 0.290. The smallest absolute Gasteiger partial charge is 0.282 e. The van der Waals surface area contributed by atoms with Gasteiger partial charge in [0.25, 0.3) is 6.20 Å². The average molecular weight is 298 g/mol. The number of aromatic nitrogens is 4. The van der Waals surface area contributed by atoms with Crippen LogP contribution in [0.2, 0.25) is 0 Å². The first-order chi connectivity index (χ1) is 10.7. The molecule has 1 amide bonds. The maximum atomic E-state index is 11.9. The molecular formula is C15H16N5O2+. The standard InChI is InChI=1S/C15H15N5O2/c1-12(9-13-5-3-2-4-6-13)20-10-14(22-18-20)17-15(21)19-8-7-16-11-19/h2-8,10-12H,9H2,1H3/p+1. The van der Waals surface area contributed by atoms with Gasteiger partial charge in [-0.3, -0.25) is 14.4 Å². The number of anilines is 1. The van der Waals surface area contributed by atoms with Crippen LogP contribution in [0.25, 0.3) is 0 Å². The summed E-state index contributed by atoms with van der Waals surface area (Å²) in [5, 5.41) is 6.57. The highest BCUT2D eigenvalue weighted by molar-refractivity contribution is 5.89. The topological polar surface area (TPSA) is 76.8 Å². The number of hydrogen-bond acceptors (Lipinski definition) is 4. The number of amides is 1. The van der Waals surface area contributed by atoms with Gasteiger partial charge in [-0.1, -0.05) is 30.3 Å². The van der Waals surface area contributed by atoms with E-state index in [-0.39, 0.29) is 12.1 Å². The lowest BCUT2D eigenvalue weighted by Gasteiger charge is -2.01. The van der Waals surface area contributed by atoms with Crippen LogP contribution in [-0.2, 0) is 6.42 Å². The normalized spacial score (nSPS) is 12.0. The van der Waals surface area contributed by atoms with E-state index in [9.17, 15) is 4.79 Å². The van der Waals surface area contributed by atoms with Gasteiger partial charge in [0.1, 0.15) is 6.33 Å². The van der Waals surface area contributed by atoms with Crippen LogP contribution in [0, 0.1) is 0 Å². The summed E-state index contributed by atoms with van der Waals surface area (Å²) in [7, 11) is 0. The third-order valence-electron chi connectivity index (χ3n) is 3.28. The Morgan fingerprint density at radius 2 is 2.23 bits per heavy atom. The van der Waals surface area contributed by atoms with Crippen LogP contribution in [0.5, 0.6) is 0 Å². The third-order valence-corrected chi connectivity index (χ3v) is 3.28. The van der Waals surface area contributed by atoms with Gasteiger partial charge in [0, 0.05) is 25.7 Å². The molecule has 0 aliphatic rings. The van der Waals surface area contributed by atoms with Crippen molar-refractivity contribution in [1.29, 1.82) is 0 Å². The predicted molar refractivity (Wildman–Crippen MR) is 78.2 cm³/mol. The van der Waals surface area contributed by atoms with Gasteiger partial charge in [0.2, 0.25) is 5.27 Å². The van der Waals surface area contributed by atoms with E-state index in [1.165, 1.54) is 22.7 Å². The molecule has 7 nitrogen and oxygen atoms in total. The second-order valence-electron chi connectivity index (χ2n) is 4.99. The van der Waals surface area contributed by atoms with Gasteiger partial charge in [0.05, 0.1) is 0 Å². The molecule has 3 aromatic rings. The Morgan fingerprint density at radius 1 is 1.41 bits per heavy atom. The second kappa shape index (κ2) is 6.21. The number of nitrogens with one attached hydrogen (secondary N) is 1. The molecule has 22 heavy (non-hydrogen) atoms. The van der Waals surface area contributed by atoms with Crippen LogP contribution in [0.15, 0.2) is 59.8 Å². The van der Waals surface area contributed by atoms with Crippen molar-refractivity contribution in [2.75, 3.05) is 5.32 Å². The monoisotopic (exact) mass is 298 g/mol. The average Bonchev–Trinajstić information content (AvgIpc) is 3.19. The predicted octanol–water partition coefficient (Wildman–Crippen LogP) is 2.04. The van der Waals surface area contributed by atoms with Crippen LogP contribution in [-0.4, -0.2) is 20.9 Å². The Balaban J connectivity index is 1.64. The molecule has 0 aliphatic heterocycles. The quantitative estimate of drug-likeness (QED) is 0.748. The molecule has 2 heterocycles. The zero-order valence-corrected chi connectivity index (χ0v) is 12.1. The van der Waals surface area contributed by atoms with Crippen molar-refractivity contribution in [3.63, 3.8) is 0 Å². The first-order valence-electron chi connectivity index (χ1n) is 6.94. The first-order valence-corrected chi connectivity index (χ1v) is 6.94. The van der Waals surface area contributed by atoms with Crippen molar-refractivity contribution in [3.8, 4) is 0 Å². The summed E-state index contributed by atoms with van der Waals surface area (Å²) in [6.07, 6.45) is 6.99. The van der Waals surface area contributed by atoms with Crippen molar-refractivity contribution in [3.05, 3.63) is 60.8 Å². The van der Waals surface area contributed by atoms with E-state index in [0.717, 1.165) is 6.42 Å². The Kier molecular flexibility index (Phi) is 3.95. The van der Waals surface area contributed by atoms with E-state index in [1.54, 1.807) is 17.1 Å². The molecule has 1 unspecified atom stereocenters. The number of carbonyl (C=O) groups is 1. The molecule has 0 spiro atoms. The summed E-state index contributed by atoms with van der Waals surface area (Å²) in [6.45, 7) is 2.04. The van der Waals surface area contributed by atoms with E-state index in [2.05, 4.69) is 27.7 Å². The summed E-state index contributed by atoms with van der Waals surface area (Å²) >= 11 is 0. The van der Waals surface area contributed by atoms with Crippen LogP contribution >= 0.6 is 0 Å². The minimum Gasteiger partial charge on any atom is -0.282 e. The van der Waals surface area contributed by atoms with Crippen LogP contribution in [0.1, 0.15) is 18.5 Å². The van der Waals surface area contributed by atoms with Gasteiger partial charge in [-0.15, -0.1) is 0 Å². The van der Waals surface area contributed by atoms with Gasteiger partial charge < -0.3 is 0 Å². The molecule has 2 aromatic heterocycles. The molecular weight excluding hydrogens is 282 g/mol. The van der Waals surface area contributed by atoms with E-state index >= 15 is 0 Å². The van der Waals surface area contributed by atoms with Crippen molar-refractivity contribution in [2.45, 2.75) is 19.4 Å². The third kappa shape index (κ3) is 3.20. The fraction of sp³-hybridized carbons (Fsp3) is 0.200. The maximum Gasteiger partial charge on any atom is 0.333 e. The number of carbonyl (C=O) groups excluding carboxylic acids is 1. The number of rotatable bonds is 4. The van der Waals surface area contributed by atoms with Crippen LogP contribution in [0.4, 0.5) is 10.7 Å². The maximum absolute atomic E-state index is 11.9. The lowest BCUT2D eigenvalue weighted by atomic mass is 10.1. The zero-order valence-electron chi connectivity index (χ0n) is 12.1.